The predicted molar refractivity (Wildman–Crippen MR) is 68.1 cm³/mol. The normalized spacial score (nSPS) is 25.7. The van der Waals surface area contributed by atoms with Gasteiger partial charge in [0, 0.05) is 38.6 Å². The van der Waals surface area contributed by atoms with Crippen LogP contribution in [-0.2, 0) is 4.74 Å². The highest BCUT2D eigenvalue weighted by Gasteiger charge is 2.30. The number of aromatic nitrogens is 2. The highest BCUT2D eigenvalue weighted by Crippen LogP contribution is 2.18. The first-order chi connectivity index (χ1) is 8.33. The molecule has 92 valence electrons. The van der Waals surface area contributed by atoms with E-state index in [2.05, 4.69) is 35.7 Å². The first kappa shape index (κ1) is 11.4. The second kappa shape index (κ2) is 4.88. The minimum Gasteiger partial charge on any atom is -0.378 e. The lowest BCUT2D eigenvalue weighted by Gasteiger charge is -2.43. The Morgan fingerprint density at radius 1 is 1.24 bits per heavy atom. The van der Waals surface area contributed by atoms with E-state index in [0.717, 1.165) is 49.8 Å². The lowest BCUT2D eigenvalue weighted by Crippen LogP contribution is -2.58. The van der Waals surface area contributed by atoms with Crippen molar-refractivity contribution in [3.05, 3.63) is 16.9 Å². The van der Waals surface area contributed by atoms with Gasteiger partial charge in [-0.15, -0.1) is 0 Å². The van der Waals surface area contributed by atoms with E-state index in [0.29, 0.717) is 6.04 Å². The molecule has 1 aromatic heterocycles. The van der Waals surface area contributed by atoms with Crippen molar-refractivity contribution in [2.75, 3.05) is 44.3 Å². The number of rotatable bonds is 1. The molecular weight excluding hydrogens is 284 g/mol. The van der Waals surface area contributed by atoms with E-state index in [-0.39, 0.29) is 0 Å². The smallest absolute Gasteiger partial charge is 0.225 e. The molecule has 17 heavy (non-hydrogen) atoms. The number of ether oxygens (including phenoxy) is 1. The highest BCUT2D eigenvalue weighted by atomic mass is 79.9. The van der Waals surface area contributed by atoms with Gasteiger partial charge >= 0.3 is 0 Å². The molecule has 1 aromatic rings. The van der Waals surface area contributed by atoms with Gasteiger partial charge in [-0.1, -0.05) is 0 Å². The number of hydrogen-bond donors (Lipinski definition) is 0. The number of piperazine rings is 1. The molecule has 0 aromatic carbocycles. The van der Waals surface area contributed by atoms with Crippen LogP contribution in [0.2, 0.25) is 0 Å². The number of anilines is 1. The van der Waals surface area contributed by atoms with Crippen LogP contribution >= 0.6 is 15.9 Å². The number of nitrogens with zero attached hydrogens (tertiary/aromatic N) is 4. The van der Waals surface area contributed by atoms with Crippen molar-refractivity contribution in [2.24, 2.45) is 0 Å². The van der Waals surface area contributed by atoms with Gasteiger partial charge in [-0.2, -0.15) is 0 Å². The zero-order valence-corrected chi connectivity index (χ0v) is 11.1. The van der Waals surface area contributed by atoms with E-state index in [1.165, 1.54) is 0 Å². The molecule has 5 nitrogen and oxygen atoms in total. The van der Waals surface area contributed by atoms with Crippen molar-refractivity contribution < 1.29 is 4.74 Å². The summed E-state index contributed by atoms with van der Waals surface area (Å²) in [6, 6.07) is 0.491. The zero-order valence-electron chi connectivity index (χ0n) is 9.55. The summed E-state index contributed by atoms with van der Waals surface area (Å²) in [7, 11) is 0. The van der Waals surface area contributed by atoms with Gasteiger partial charge in [0.15, 0.2) is 0 Å². The lowest BCUT2D eigenvalue weighted by molar-refractivity contribution is -0.0119. The van der Waals surface area contributed by atoms with E-state index < -0.39 is 0 Å². The molecule has 1 atom stereocenters. The Bertz CT molecular complexity index is 386. The molecule has 0 aliphatic carbocycles. The summed E-state index contributed by atoms with van der Waals surface area (Å²) < 4.78 is 6.44. The first-order valence-electron chi connectivity index (χ1n) is 5.87. The average molecular weight is 299 g/mol. The molecule has 0 radical (unpaired) electrons. The molecule has 2 fully saturated rings. The molecule has 3 rings (SSSR count). The standard InChI is InChI=1S/C11H15BrN4O/c12-9-5-13-11(14-6-9)16-2-1-15-3-4-17-8-10(15)7-16/h5-6,10H,1-4,7-8H2/t10-/m1/s1. The van der Waals surface area contributed by atoms with Crippen molar-refractivity contribution in [1.29, 1.82) is 0 Å². The fourth-order valence-electron chi connectivity index (χ4n) is 2.40. The van der Waals surface area contributed by atoms with E-state index in [1.54, 1.807) is 12.4 Å². The lowest BCUT2D eigenvalue weighted by atomic mass is 10.1. The molecule has 0 unspecified atom stereocenters. The second-order valence-corrected chi connectivity index (χ2v) is 5.33. The van der Waals surface area contributed by atoms with Gasteiger partial charge in [0.05, 0.1) is 23.7 Å². The summed E-state index contributed by atoms with van der Waals surface area (Å²) in [6.07, 6.45) is 3.60. The third-order valence-electron chi connectivity index (χ3n) is 3.33. The Balaban J connectivity index is 1.71. The molecule has 0 saturated carbocycles. The molecule has 6 heteroatoms. The first-order valence-corrected chi connectivity index (χ1v) is 6.66. The Hall–Kier alpha value is -0.720. The summed E-state index contributed by atoms with van der Waals surface area (Å²) in [6.45, 7) is 5.78. The van der Waals surface area contributed by atoms with Gasteiger partial charge < -0.3 is 9.64 Å². The molecular formula is C11H15BrN4O. The van der Waals surface area contributed by atoms with Crippen LogP contribution in [-0.4, -0.2) is 60.3 Å². The maximum atomic E-state index is 5.53. The fraction of sp³-hybridized carbons (Fsp3) is 0.636. The Morgan fingerprint density at radius 3 is 2.88 bits per heavy atom. The van der Waals surface area contributed by atoms with Gasteiger partial charge in [0.1, 0.15) is 0 Å². The van der Waals surface area contributed by atoms with E-state index >= 15 is 0 Å². The number of fused-ring (bicyclic) bond motifs is 1. The predicted octanol–water partition coefficient (Wildman–Crippen LogP) is 0.760. The molecule has 3 heterocycles. The van der Waals surface area contributed by atoms with E-state index in [9.17, 15) is 0 Å². The SMILES string of the molecule is Brc1cnc(N2CCN3CCOC[C@H]3C2)nc1. The molecule has 2 aliphatic heterocycles. The van der Waals surface area contributed by atoms with Crippen LogP contribution in [0.25, 0.3) is 0 Å². The third kappa shape index (κ3) is 2.43. The van der Waals surface area contributed by atoms with Crippen LogP contribution in [0.4, 0.5) is 5.95 Å². The van der Waals surface area contributed by atoms with Gasteiger partial charge in [-0.05, 0) is 15.9 Å². The molecule has 2 saturated heterocycles. The van der Waals surface area contributed by atoms with Crippen LogP contribution in [0.3, 0.4) is 0 Å². The number of morpholine rings is 1. The zero-order chi connectivity index (χ0) is 11.7. The third-order valence-corrected chi connectivity index (χ3v) is 3.74. The Labute approximate surface area is 109 Å². The van der Waals surface area contributed by atoms with Crippen molar-refractivity contribution in [2.45, 2.75) is 6.04 Å². The van der Waals surface area contributed by atoms with E-state index in [4.69, 9.17) is 4.74 Å². The summed E-state index contributed by atoms with van der Waals surface area (Å²) in [5, 5.41) is 0. The van der Waals surface area contributed by atoms with Gasteiger partial charge in [0.2, 0.25) is 5.95 Å². The maximum absolute atomic E-state index is 5.53. The van der Waals surface area contributed by atoms with Crippen LogP contribution in [0.5, 0.6) is 0 Å². The van der Waals surface area contributed by atoms with Crippen LogP contribution in [0, 0.1) is 0 Å². The van der Waals surface area contributed by atoms with Crippen LogP contribution < -0.4 is 4.90 Å². The van der Waals surface area contributed by atoms with Crippen molar-refractivity contribution >= 4 is 21.9 Å². The monoisotopic (exact) mass is 298 g/mol. The van der Waals surface area contributed by atoms with Gasteiger partial charge in [-0.3, -0.25) is 4.90 Å². The van der Waals surface area contributed by atoms with Crippen molar-refractivity contribution in [1.82, 2.24) is 14.9 Å². The topological polar surface area (TPSA) is 41.5 Å². The summed E-state index contributed by atoms with van der Waals surface area (Å²) in [5.41, 5.74) is 0. The molecule has 0 N–H and O–H groups in total. The maximum Gasteiger partial charge on any atom is 0.225 e. The van der Waals surface area contributed by atoms with Crippen molar-refractivity contribution in [3.63, 3.8) is 0 Å². The quantitative estimate of drug-likeness (QED) is 0.766. The summed E-state index contributed by atoms with van der Waals surface area (Å²) in [5.74, 6) is 0.818. The average Bonchev–Trinajstić information content (AvgIpc) is 2.39. The second-order valence-electron chi connectivity index (χ2n) is 4.41. The Morgan fingerprint density at radius 2 is 2.06 bits per heavy atom. The molecule has 2 aliphatic rings. The highest BCUT2D eigenvalue weighted by molar-refractivity contribution is 9.10. The largest absolute Gasteiger partial charge is 0.378 e. The van der Waals surface area contributed by atoms with Crippen LogP contribution in [0.1, 0.15) is 0 Å². The van der Waals surface area contributed by atoms with Crippen LogP contribution in [0.15, 0.2) is 16.9 Å². The van der Waals surface area contributed by atoms with E-state index in [1.807, 2.05) is 0 Å². The molecule has 0 spiro atoms. The number of halogens is 1. The van der Waals surface area contributed by atoms with Crippen molar-refractivity contribution in [3.8, 4) is 0 Å². The minimum atomic E-state index is 0.491. The summed E-state index contributed by atoms with van der Waals surface area (Å²) >= 11 is 3.35. The Kier molecular flexibility index (Phi) is 3.26. The fourth-order valence-corrected chi connectivity index (χ4v) is 2.60. The van der Waals surface area contributed by atoms with Gasteiger partial charge in [0.25, 0.3) is 0 Å². The minimum absolute atomic E-state index is 0.491. The molecule has 0 amide bonds. The molecule has 0 bridgehead atoms. The number of hydrogen-bond acceptors (Lipinski definition) is 5. The van der Waals surface area contributed by atoms with Gasteiger partial charge in [-0.25, -0.2) is 9.97 Å². The summed E-state index contributed by atoms with van der Waals surface area (Å²) in [4.78, 5) is 13.4.